The first-order valence-electron chi connectivity index (χ1n) is 7.08. The molecule has 0 saturated heterocycles. The largest absolute Gasteiger partial charge is 0.283 e. The van der Waals surface area contributed by atoms with Crippen LogP contribution in [0.4, 0.5) is 4.39 Å². The van der Waals surface area contributed by atoms with Crippen LogP contribution in [0.1, 0.15) is 10.4 Å². The fourth-order valence-corrected chi connectivity index (χ4v) is 3.12. The highest BCUT2D eigenvalue weighted by Gasteiger charge is 2.09. The lowest BCUT2D eigenvalue weighted by atomic mass is 10.2. The monoisotopic (exact) mass is 349 g/mol. The highest BCUT2D eigenvalue weighted by atomic mass is 32.1. The molecular weight excluding hydrogens is 333 g/mol. The maximum absolute atomic E-state index is 13.7. The topological polar surface area (TPSA) is 38.9 Å². The van der Waals surface area contributed by atoms with Gasteiger partial charge in [0.15, 0.2) is 0 Å². The molecule has 0 fully saturated rings. The summed E-state index contributed by atoms with van der Waals surface area (Å²) in [7, 11) is 1.90. The van der Waals surface area contributed by atoms with Crippen LogP contribution in [0.3, 0.4) is 0 Å². The van der Waals surface area contributed by atoms with Crippen molar-refractivity contribution in [1.29, 1.82) is 0 Å². The molecule has 0 radical (unpaired) electrons. The van der Waals surface area contributed by atoms with E-state index in [1.165, 1.54) is 10.9 Å². The number of hydrogen-bond acceptors (Lipinski definition) is 5. The van der Waals surface area contributed by atoms with E-state index >= 15 is 0 Å². The van der Waals surface area contributed by atoms with Crippen LogP contribution in [0.5, 0.6) is 0 Å². The second-order valence-electron chi connectivity index (χ2n) is 5.25. The van der Waals surface area contributed by atoms with Gasteiger partial charge in [0.2, 0.25) is 4.77 Å². The van der Waals surface area contributed by atoms with Crippen molar-refractivity contribution in [3.63, 3.8) is 0 Å². The zero-order valence-electron chi connectivity index (χ0n) is 12.6. The fraction of sp³-hybridized carbons (Fsp3) is 0.267. The second-order valence-corrected chi connectivity index (χ2v) is 6.64. The molecule has 0 saturated carbocycles. The van der Waals surface area contributed by atoms with Gasteiger partial charge in [0, 0.05) is 17.0 Å². The molecule has 5 nitrogen and oxygen atoms in total. The number of benzene rings is 1. The Morgan fingerprint density at radius 2 is 1.96 bits per heavy atom. The zero-order chi connectivity index (χ0) is 16.2. The molecule has 2 aromatic heterocycles. The van der Waals surface area contributed by atoms with E-state index in [4.69, 9.17) is 12.2 Å². The first kappa shape index (κ1) is 16.0. The number of rotatable bonds is 6. The van der Waals surface area contributed by atoms with E-state index in [1.807, 2.05) is 35.5 Å². The lowest BCUT2D eigenvalue weighted by Crippen LogP contribution is -2.23. The Balaban J connectivity index is 1.67. The molecular formula is C15H16FN5S2. The van der Waals surface area contributed by atoms with Gasteiger partial charge < -0.3 is 0 Å². The Labute approximate surface area is 142 Å². The summed E-state index contributed by atoms with van der Waals surface area (Å²) in [5.41, 5.74) is 0.646. The van der Waals surface area contributed by atoms with Crippen LogP contribution in [0.2, 0.25) is 0 Å². The van der Waals surface area contributed by atoms with Crippen molar-refractivity contribution in [3.8, 4) is 0 Å². The molecule has 0 atom stereocenters. The van der Waals surface area contributed by atoms with Crippen molar-refractivity contribution in [2.24, 2.45) is 0 Å². The third-order valence-corrected chi connectivity index (χ3v) is 4.64. The van der Waals surface area contributed by atoms with E-state index < -0.39 is 0 Å². The Morgan fingerprint density at radius 3 is 2.70 bits per heavy atom. The van der Waals surface area contributed by atoms with E-state index in [0.29, 0.717) is 30.1 Å². The number of hydrogen-bond donors (Lipinski definition) is 0. The van der Waals surface area contributed by atoms with Gasteiger partial charge in [-0.1, -0.05) is 24.3 Å². The lowest BCUT2D eigenvalue weighted by molar-refractivity contribution is 0.239. The van der Waals surface area contributed by atoms with Crippen molar-refractivity contribution in [2.75, 3.05) is 7.05 Å². The van der Waals surface area contributed by atoms with Crippen LogP contribution in [0, 0.1) is 10.6 Å². The van der Waals surface area contributed by atoms with Crippen LogP contribution in [-0.4, -0.2) is 31.7 Å². The van der Waals surface area contributed by atoms with Gasteiger partial charge >= 0.3 is 0 Å². The van der Waals surface area contributed by atoms with Crippen LogP contribution in [-0.2, 0) is 19.8 Å². The molecule has 0 aliphatic heterocycles. The summed E-state index contributed by atoms with van der Waals surface area (Å²) in [6.45, 7) is 1.55. The highest BCUT2D eigenvalue weighted by Crippen LogP contribution is 2.11. The van der Waals surface area contributed by atoms with Gasteiger partial charge in [0.1, 0.15) is 5.82 Å². The fourth-order valence-electron chi connectivity index (χ4n) is 2.24. The molecule has 8 heteroatoms. The minimum absolute atomic E-state index is 0.204. The van der Waals surface area contributed by atoms with Crippen LogP contribution < -0.4 is 0 Å². The molecule has 2 heterocycles. The summed E-state index contributed by atoms with van der Waals surface area (Å²) in [6.07, 6.45) is 0. The van der Waals surface area contributed by atoms with E-state index in [-0.39, 0.29) is 5.82 Å². The summed E-state index contributed by atoms with van der Waals surface area (Å²) in [5.74, 6) is -0.204. The molecule has 3 aromatic rings. The Kier molecular flexibility index (Phi) is 4.94. The SMILES string of the molecule is CN(Cc1ccccc1F)Cn1nnn(Cc2cccs2)c1=S. The summed E-state index contributed by atoms with van der Waals surface area (Å²) in [5, 5.41) is 10.2. The summed E-state index contributed by atoms with van der Waals surface area (Å²) < 4.78 is 17.6. The molecule has 0 spiro atoms. The maximum atomic E-state index is 13.7. The molecule has 0 unspecified atom stereocenters. The minimum Gasteiger partial charge on any atom is -0.283 e. The quantitative estimate of drug-likeness (QED) is 0.641. The Hall–Kier alpha value is -1.90. The molecule has 1 aromatic carbocycles. The molecule has 0 aliphatic rings. The average Bonchev–Trinajstić information content (AvgIpc) is 3.15. The number of thiophene rings is 1. The second kappa shape index (κ2) is 7.12. The normalized spacial score (nSPS) is 11.3. The molecule has 3 rings (SSSR count). The minimum atomic E-state index is -0.204. The van der Waals surface area contributed by atoms with E-state index in [1.54, 1.807) is 32.8 Å². The summed E-state index contributed by atoms with van der Waals surface area (Å²) in [6, 6.07) is 10.8. The molecule has 0 aliphatic carbocycles. The van der Waals surface area contributed by atoms with Gasteiger partial charge in [-0.3, -0.25) is 4.90 Å². The predicted molar refractivity (Wildman–Crippen MR) is 90.1 cm³/mol. The van der Waals surface area contributed by atoms with Gasteiger partial charge in [-0.25, -0.2) is 13.8 Å². The molecule has 0 N–H and O–H groups in total. The number of nitrogens with zero attached hydrogens (tertiary/aromatic N) is 5. The van der Waals surface area contributed by atoms with Crippen molar-refractivity contribution >= 4 is 23.6 Å². The van der Waals surface area contributed by atoms with Crippen LogP contribution in [0.15, 0.2) is 41.8 Å². The average molecular weight is 349 g/mol. The van der Waals surface area contributed by atoms with Gasteiger partial charge in [0.05, 0.1) is 13.2 Å². The number of halogens is 1. The van der Waals surface area contributed by atoms with Crippen LogP contribution in [0.25, 0.3) is 0 Å². The smallest absolute Gasteiger partial charge is 0.217 e. The Bertz CT molecular complexity index is 825. The van der Waals surface area contributed by atoms with Gasteiger partial charge in [0.25, 0.3) is 0 Å². The molecule has 23 heavy (non-hydrogen) atoms. The summed E-state index contributed by atoms with van der Waals surface area (Å²) >= 11 is 7.07. The first-order valence-corrected chi connectivity index (χ1v) is 8.37. The van der Waals surface area contributed by atoms with Crippen molar-refractivity contribution in [1.82, 2.24) is 24.7 Å². The highest BCUT2D eigenvalue weighted by molar-refractivity contribution is 7.71. The third kappa shape index (κ3) is 3.90. The van der Waals surface area contributed by atoms with Gasteiger partial charge in [-0.15, -0.1) is 11.3 Å². The molecule has 120 valence electrons. The van der Waals surface area contributed by atoms with Crippen molar-refractivity contribution < 1.29 is 4.39 Å². The summed E-state index contributed by atoms with van der Waals surface area (Å²) in [4.78, 5) is 3.12. The predicted octanol–water partition coefficient (Wildman–Crippen LogP) is 3.15. The van der Waals surface area contributed by atoms with Gasteiger partial charge in [-0.05, 0) is 47.2 Å². The van der Waals surface area contributed by atoms with E-state index in [0.717, 1.165) is 0 Å². The van der Waals surface area contributed by atoms with E-state index in [9.17, 15) is 4.39 Å². The van der Waals surface area contributed by atoms with Crippen LogP contribution >= 0.6 is 23.6 Å². The molecule has 0 bridgehead atoms. The maximum Gasteiger partial charge on any atom is 0.217 e. The van der Waals surface area contributed by atoms with Gasteiger partial charge in [-0.2, -0.15) is 0 Å². The molecule has 0 amide bonds. The lowest BCUT2D eigenvalue weighted by Gasteiger charge is -2.16. The number of tetrazole rings is 1. The number of aromatic nitrogens is 4. The van der Waals surface area contributed by atoms with Crippen molar-refractivity contribution in [2.45, 2.75) is 19.8 Å². The van der Waals surface area contributed by atoms with E-state index in [2.05, 4.69) is 10.4 Å². The first-order chi connectivity index (χ1) is 11.1. The Morgan fingerprint density at radius 1 is 1.17 bits per heavy atom. The van der Waals surface area contributed by atoms with Crippen molar-refractivity contribution in [3.05, 3.63) is 62.8 Å². The zero-order valence-corrected chi connectivity index (χ0v) is 14.2. The third-order valence-electron chi connectivity index (χ3n) is 3.36. The standard InChI is InChI=1S/C15H16FN5S2/c1-19(9-12-5-2-3-7-14(12)16)11-21-15(22)20(17-18-21)10-13-6-4-8-23-13/h2-8H,9-11H2,1H3.